The summed E-state index contributed by atoms with van der Waals surface area (Å²) in [6, 6.07) is 8.47. The van der Waals surface area contributed by atoms with Crippen LogP contribution in [0.1, 0.15) is 34.1 Å². The molecule has 0 saturated heterocycles. The number of amides is 2. The van der Waals surface area contributed by atoms with E-state index in [1.807, 2.05) is 6.92 Å². The van der Waals surface area contributed by atoms with Gasteiger partial charge in [0.15, 0.2) is 11.6 Å². The van der Waals surface area contributed by atoms with E-state index in [-0.39, 0.29) is 22.2 Å². The maximum atomic E-state index is 13.7. The van der Waals surface area contributed by atoms with E-state index in [0.717, 1.165) is 12.5 Å². The molecule has 0 aliphatic carbocycles. The predicted octanol–water partition coefficient (Wildman–Crippen LogP) is 3.88. The molecule has 0 heterocycles. The first-order valence-electron chi connectivity index (χ1n) is 7.69. The highest BCUT2D eigenvalue weighted by atomic mass is 35.5. The number of nitrogens with one attached hydrogen (secondary N) is 2. The van der Waals surface area contributed by atoms with Crippen LogP contribution in [0.25, 0.3) is 0 Å². The second-order valence-electron chi connectivity index (χ2n) is 5.25. The Kier molecular flexibility index (Phi) is 6.36. The third kappa shape index (κ3) is 4.70. The Labute approximate surface area is 150 Å². The Morgan fingerprint density at radius 3 is 2.52 bits per heavy atom. The third-order valence-electron chi connectivity index (χ3n) is 3.42. The van der Waals surface area contributed by atoms with Crippen molar-refractivity contribution in [3.63, 3.8) is 0 Å². The predicted molar refractivity (Wildman–Crippen MR) is 95.0 cm³/mol. The zero-order chi connectivity index (χ0) is 18.4. The minimum absolute atomic E-state index is 0.0574. The van der Waals surface area contributed by atoms with Crippen molar-refractivity contribution in [1.29, 1.82) is 0 Å². The zero-order valence-corrected chi connectivity index (χ0v) is 14.6. The summed E-state index contributed by atoms with van der Waals surface area (Å²) in [6.45, 7) is 2.50. The van der Waals surface area contributed by atoms with E-state index < -0.39 is 11.7 Å². The van der Waals surface area contributed by atoms with Gasteiger partial charge in [-0.05, 0) is 42.8 Å². The topological polar surface area (TPSA) is 67.4 Å². The van der Waals surface area contributed by atoms with Gasteiger partial charge in [0.25, 0.3) is 11.8 Å². The maximum Gasteiger partial charge on any atom is 0.255 e. The molecule has 2 aromatic carbocycles. The van der Waals surface area contributed by atoms with Crippen LogP contribution in [0.3, 0.4) is 0 Å². The van der Waals surface area contributed by atoms with Crippen molar-refractivity contribution in [3.8, 4) is 5.75 Å². The molecular weight excluding hydrogens is 347 g/mol. The first-order valence-corrected chi connectivity index (χ1v) is 8.06. The van der Waals surface area contributed by atoms with Crippen molar-refractivity contribution in [1.82, 2.24) is 5.32 Å². The highest BCUT2D eigenvalue weighted by Crippen LogP contribution is 2.22. The van der Waals surface area contributed by atoms with Crippen LogP contribution < -0.4 is 15.4 Å². The Bertz CT molecular complexity index is 796. The molecule has 0 bridgehead atoms. The first-order chi connectivity index (χ1) is 12.0. The largest absolute Gasteiger partial charge is 0.494 e. The van der Waals surface area contributed by atoms with Gasteiger partial charge in [0.05, 0.1) is 17.7 Å². The average Bonchev–Trinajstić information content (AvgIpc) is 2.59. The fourth-order valence-corrected chi connectivity index (χ4v) is 2.39. The number of hydrogen-bond acceptors (Lipinski definition) is 3. The molecule has 2 N–H and O–H groups in total. The van der Waals surface area contributed by atoms with E-state index in [1.54, 1.807) is 6.07 Å². The van der Waals surface area contributed by atoms with Crippen molar-refractivity contribution in [2.75, 3.05) is 19.0 Å². The van der Waals surface area contributed by atoms with Crippen LogP contribution in [0.15, 0.2) is 36.4 Å². The summed E-state index contributed by atoms with van der Waals surface area (Å²) in [5.74, 6) is -1.35. The average molecular weight is 365 g/mol. The zero-order valence-electron chi connectivity index (χ0n) is 13.9. The fourth-order valence-electron chi connectivity index (χ4n) is 2.12. The minimum Gasteiger partial charge on any atom is -0.494 e. The third-order valence-corrected chi connectivity index (χ3v) is 3.73. The summed E-state index contributed by atoms with van der Waals surface area (Å²) in [5.41, 5.74) is 0.862. The molecule has 0 spiro atoms. The Morgan fingerprint density at radius 2 is 1.92 bits per heavy atom. The quantitative estimate of drug-likeness (QED) is 0.817. The number of carbonyl (C=O) groups is 2. The number of halogens is 2. The van der Waals surface area contributed by atoms with Crippen LogP contribution in [-0.2, 0) is 0 Å². The number of methoxy groups -OCH3 is 1. The first kappa shape index (κ1) is 18.7. The van der Waals surface area contributed by atoms with Crippen molar-refractivity contribution in [3.05, 3.63) is 58.4 Å². The molecule has 25 heavy (non-hydrogen) atoms. The lowest BCUT2D eigenvalue weighted by atomic mass is 10.1. The molecule has 2 amide bonds. The van der Waals surface area contributed by atoms with Crippen LogP contribution in [-0.4, -0.2) is 25.5 Å². The lowest BCUT2D eigenvalue weighted by Gasteiger charge is -2.10. The van der Waals surface area contributed by atoms with Gasteiger partial charge >= 0.3 is 0 Å². The van der Waals surface area contributed by atoms with Crippen LogP contribution in [0.2, 0.25) is 5.02 Å². The van der Waals surface area contributed by atoms with E-state index in [9.17, 15) is 14.0 Å². The van der Waals surface area contributed by atoms with Gasteiger partial charge < -0.3 is 15.4 Å². The molecular formula is C18H18ClFN2O3. The van der Waals surface area contributed by atoms with E-state index in [2.05, 4.69) is 10.6 Å². The molecule has 0 unspecified atom stereocenters. The minimum atomic E-state index is -0.629. The standard InChI is InChI=1S/C18H18ClFN2O3/c1-3-8-21-18(24)13-6-5-12(10-14(13)19)22-17(23)11-4-7-16(25-2)15(20)9-11/h4-7,9-10H,3,8H2,1-2H3,(H,21,24)(H,22,23). The molecule has 132 valence electrons. The van der Waals surface area contributed by atoms with E-state index >= 15 is 0 Å². The highest BCUT2D eigenvalue weighted by molar-refractivity contribution is 6.34. The molecule has 0 radical (unpaired) electrons. The lowest BCUT2D eigenvalue weighted by molar-refractivity contribution is 0.0953. The van der Waals surface area contributed by atoms with Gasteiger partial charge in [0, 0.05) is 17.8 Å². The van der Waals surface area contributed by atoms with E-state index in [0.29, 0.717) is 17.8 Å². The normalized spacial score (nSPS) is 10.2. The molecule has 0 aliphatic rings. The van der Waals surface area contributed by atoms with E-state index in [1.165, 1.54) is 31.4 Å². The number of ether oxygens (including phenoxy) is 1. The smallest absolute Gasteiger partial charge is 0.255 e. The Balaban J connectivity index is 2.12. The number of hydrogen-bond donors (Lipinski definition) is 2. The second kappa shape index (κ2) is 8.48. The molecule has 0 aliphatic heterocycles. The van der Waals surface area contributed by atoms with Crippen LogP contribution in [0.4, 0.5) is 10.1 Å². The van der Waals surface area contributed by atoms with Gasteiger partial charge in [0.1, 0.15) is 0 Å². The molecule has 2 rings (SSSR count). The number of anilines is 1. The molecule has 0 saturated carbocycles. The second-order valence-corrected chi connectivity index (χ2v) is 5.66. The molecule has 5 nitrogen and oxygen atoms in total. The Hall–Kier alpha value is -2.60. The van der Waals surface area contributed by atoms with Gasteiger partial charge in [0.2, 0.25) is 0 Å². The summed E-state index contributed by atoms with van der Waals surface area (Å²) < 4.78 is 18.5. The highest BCUT2D eigenvalue weighted by Gasteiger charge is 2.13. The van der Waals surface area contributed by atoms with Crippen molar-refractivity contribution >= 4 is 29.1 Å². The number of benzene rings is 2. The van der Waals surface area contributed by atoms with Gasteiger partial charge in [-0.3, -0.25) is 9.59 Å². The van der Waals surface area contributed by atoms with Gasteiger partial charge in [-0.2, -0.15) is 0 Å². The van der Waals surface area contributed by atoms with Gasteiger partial charge in [-0.1, -0.05) is 18.5 Å². The molecule has 0 aromatic heterocycles. The summed E-state index contributed by atoms with van der Waals surface area (Å²) in [4.78, 5) is 24.1. The monoisotopic (exact) mass is 364 g/mol. The van der Waals surface area contributed by atoms with Crippen LogP contribution in [0.5, 0.6) is 5.75 Å². The summed E-state index contributed by atoms with van der Waals surface area (Å²) in [6.07, 6.45) is 0.815. The molecule has 0 atom stereocenters. The van der Waals surface area contributed by atoms with Crippen molar-refractivity contribution in [2.24, 2.45) is 0 Å². The summed E-state index contributed by atoms with van der Waals surface area (Å²) >= 11 is 6.11. The fraction of sp³-hybridized carbons (Fsp3) is 0.222. The number of carbonyl (C=O) groups excluding carboxylic acids is 2. The molecule has 7 heteroatoms. The maximum absolute atomic E-state index is 13.7. The Morgan fingerprint density at radius 1 is 1.16 bits per heavy atom. The van der Waals surface area contributed by atoms with Gasteiger partial charge in [-0.25, -0.2) is 4.39 Å². The van der Waals surface area contributed by atoms with E-state index in [4.69, 9.17) is 16.3 Å². The molecule has 2 aromatic rings. The summed E-state index contributed by atoms with van der Waals surface area (Å²) in [5, 5.41) is 5.55. The SMILES string of the molecule is CCCNC(=O)c1ccc(NC(=O)c2ccc(OC)c(F)c2)cc1Cl. The van der Waals surface area contributed by atoms with Crippen molar-refractivity contribution in [2.45, 2.75) is 13.3 Å². The lowest BCUT2D eigenvalue weighted by Crippen LogP contribution is -2.24. The van der Waals surface area contributed by atoms with Crippen LogP contribution in [0, 0.1) is 5.82 Å². The van der Waals surface area contributed by atoms with Crippen molar-refractivity contribution < 1.29 is 18.7 Å². The van der Waals surface area contributed by atoms with Crippen LogP contribution >= 0.6 is 11.6 Å². The molecule has 0 fully saturated rings. The number of rotatable bonds is 6. The van der Waals surface area contributed by atoms with Gasteiger partial charge in [-0.15, -0.1) is 0 Å². The summed E-state index contributed by atoms with van der Waals surface area (Å²) in [7, 11) is 1.35.